The number of carbonyl (C=O) groups excluding carboxylic acids is 2. The zero-order chi connectivity index (χ0) is 14.8. The van der Waals surface area contributed by atoms with E-state index in [1.54, 1.807) is 4.90 Å². The van der Waals surface area contributed by atoms with Crippen LogP contribution in [-0.4, -0.2) is 60.4 Å². The van der Waals surface area contributed by atoms with E-state index >= 15 is 0 Å². The van der Waals surface area contributed by atoms with Gasteiger partial charge in [0.2, 0.25) is 0 Å². The minimum absolute atomic E-state index is 0.175. The molecule has 2 amide bonds. The molecule has 0 spiro atoms. The third kappa shape index (κ3) is 3.23. The number of nitrogens with zero attached hydrogens (tertiary/aromatic N) is 2. The molecule has 5 nitrogen and oxygen atoms in total. The van der Waals surface area contributed by atoms with Gasteiger partial charge < -0.3 is 10.2 Å². The Bertz CT molecular complexity index is 412. The Morgan fingerprint density at radius 2 is 2.00 bits per heavy atom. The van der Waals surface area contributed by atoms with E-state index in [-0.39, 0.29) is 11.9 Å². The van der Waals surface area contributed by atoms with Crippen molar-refractivity contribution in [1.82, 2.24) is 15.1 Å². The molecule has 3 aliphatic rings. The van der Waals surface area contributed by atoms with Gasteiger partial charge in [0.05, 0.1) is 6.04 Å². The van der Waals surface area contributed by atoms with Gasteiger partial charge in [-0.2, -0.15) is 0 Å². The SMILES string of the molecule is CCC1CCCC(CN2CCN3C(=O)C(=O)NCC3C2)C1. The van der Waals surface area contributed by atoms with Crippen molar-refractivity contribution in [2.45, 2.75) is 45.1 Å². The lowest BCUT2D eigenvalue weighted by Crippen LogP contribution is -2.65. The van der Waals surface area contributed by atoms with Gasteiger partial charge in [0.15, 0.2) is 0 Å². The van der Waals surface area contributed by atoms with E-state index in [2.05, 4.69) is 17.1 Å². The predicted octanol–water partition coefficient (Wildman–Crippen LogP) is 0.845. The van der Waals surface area contributed by atoms with E-state index in [9.17, 15) is 9.59 Å². The lowest BCUT2D eigenvalue weighted by molar-refractivity contribution is -0.152. The number of carbonyl (C=O) groups is 2. The first-order valence-corrected chi connectivity index (χ1v) is 8.48. The largest absolute Gasteiger partial charge is 0.346 e. The first-order valence-electron chi connectivity index (χ1n) is 8.48. The van der Waals surface area contributed by atoms with Crippen LogP contribution in [-0.2, 0) is 9.59 Å². The molecule has 3 rings (SSSR count). The predicted molar refractivity (Wildman–Crippen MR) is 80.7 cm³/mol. The van der Waals surface area contributed by atoms with Gasteiger partial charge in [0.1, 0.15) is 0 Å². The Morgan fingerprint density at radius 3 is 2.81 bits per heavy atom. The van der Waals surface area contributed by atoms with Crippen molar-refractivity contribution in [3.05, 3.63) is 0 Å². The average Bonchev–Trinajstić information content (AvgIpc) is 2.51. The minimum atomic E-state index is -0.433. The molecule has 0 aromatic heterocycles. The molecule has 1 saturated carbocycles. The Labute approximate surface area is 127 Å². The molecule has 21 heavy (non-hydrogen) atoms. The maximum atomic E-state index is 11.8. The summed E-state index contributed by atoms with van der Waals surface area (Å²) in [5.74, 6) is 0.970. The van der Waals surface area contributed by atoms with Crippen molar-refractivity contribution < 1.29 is 9.59 Å². The fourth-order valence-electron chi connectivity index (χ4n) is 4.25. The summed E-state index contributed by atoms with van der Waals surface area (Å²) in [7, 11) is 0. The van der Waals surface area contributed by atoms with Gasteiger partial charge in [-0.25, -0.2) is 0 Å². The van der Waals surface area contributed by atoms with Gasteiger partial charge in [0.25, 0.3) is 0 Å². The van der Waals surface area contributed by atoms with E-state index < -0.39 is 5.91 Å². The zero-order valence-electron chi connectivity index (χ0n) is 13.0. The normalized spacial score (nSPS) is 34.5. The second-order valence-corrected chi connectivity index (χ2v) is 6.93. The van der Waals surface area contributed by atoms with Gasteiger partial charge in [0, 0.05) is 32.7 Å². The molecule has 1 aliphatic carbocycles. The number of piperazine rings is 2. The van der Waals surface area contributed by atoms with Crippen LogP contribution in [0.15, 0.2) is 0 Å². The number of nitrogens with one attached hydrogen (secondary N) is 1. The van der Waals surface area contributed by atoms with Gasteiger partial charge in [-0.1, -0.05) is 26.2 Å². The van der Waals surface area contributed by atoms with Crippen LogP contribution >= 0.6 is 0 Å². The molecule has 0 radical (unpaired) electrons. The Morgan fingerprint density at radius 1 is 1.19 bits per heavy atom. The van der Waals surface area contributed by atoms with Crippen molar-refractivity contribution in [1.29, 1.82) is 0 Å². The van der Waals surface area contributed by atoms with Crippen LogP contribution in [0.4, 0.5) is 0 Å². The van der Waals surface area contributed by atoms with Crippen LogP contribution < -0.4 is 5.32 Å². The molecular weight excluding hydrogens is 266 g/mol. The molecule has 0 bridgehead atoms. The summed E-state index contributed by atoms with van der Waals surface area (Å²) in [5.41, 5.74) is 0. The Hall–Kier alpha value is -1.10. The summed E-state index contributed by atoms with van der Waals surface area (Å²) in [6.07, 6.45) is 6.83. The lowest BCUT2D eigenvalue weighted by Gasteiger charge is -2.44. The topological polar surface area (TPSA) is 52.7 Å². The smallest absolute Gasteiger partial charge is 0.312 e. The first-order chi connectivity index (χ1) is 10.2. The summed E-state index contributed by atoms with van der Waals surface area (Å²) >= 11 is 0. The summed E-state index contributed by atoms with van der Waals surface area (Å²) in [5, 5.41) is 2.71. The number of hydrogen-bond acceptors (Lipinski definition) is 3. The standard InChI is InChI=1S/C16H27N3O2/c1-2-12-4-3-5-13(8-12)10-18-6-7-19-14(11-18)9-17-15(20)16(19)21/h12-14H,2-11H2,1H3,(H,17,20). The second-order valence-electron chi connectivity index (χ2n) is 6.93. The molecule has 0 aromatic carbocycles. The highest BCUT2D eigenvalue weighted by Gasteiger charge is 2.38. The van der Waals surface area contributed by atoms with Crippen LogP contribution in [0.3, 0.4) is 0 Å². The molecule has 5 heteroatoms. The van der Waals surface area contributed by atoms with Crippen molar-refractivity contribution in [2.75, 3.05) is 32.7 Å². The van der Waals surface area contributed by atoms with Crippen LogP contribution in [0, 0.1) is 11.8 Å². The molecule has 3 atom stereocenters. The molecule has 2 aliphatic heterocycles. The average molecular weight is 293 g/mol. The highest BCUT2D eigenvalue weighted by molar-refractivity contribution is 6.35. The minimum Gasteiger partial charge on any atom is -0.346 e. The lowest BCUT2D eigenvalue weighted by atomic mass is 9.80. The van der Waals surface area contributed by atoms with Crippen molar-refractivity contribution in [3.63, 3.8) is 0 Å². The highest BCUT2D eigenvalue weighted by Crippen LogP contribution is 2.31. The third-order valence-electron chi connectivity index (χ3n) is 5.51. The third-order valence-corrected chi connectivity index (χ3v) is 5.51. The van der Waals surface area contributed by atoms with Gasteiger partial charge in [-0.15, -0.1) is 0 Å². The molecule has 1 N–H and O–H groups in total. The maximum Gasteiger partial charge on any atom is 0.312 e. The van der Waals surface area contributed by atoms with E-state index in [1.165, 1.54) is 38.6 Å². The van der Waals surface area contributed by atoms with Gasteiger partial charge >= 0.3 is 11.8 Å². The Balaban J connectivity index is 1.52. The molecule has 118 valence electrons. The van der Waals surface area contributed by atoms with Crippen LogP contribution in [0.25, 0.3) is 0 Å². The zero-order valence-corrected chi connectivity index (χ0v) is 13.0. The molecular formula is C16H27N3O2. The van der Waals surface area contributed by atoms with Crippen molar-refractivity contribution in [2.24, 2.45) is 11.8 Å². The summed E-state index contributed by atoms with van der Waals surface area (Å²) in [6.45, 7) is 6.64. The summed E-state index contributed by atoms with van der Waals surface area (Å²) < 4.78 is 0. The number of amides is 2. The van der Waals surface area contributed by atoms with E-state index in [0.717, 1.165) is 24.9 Å². The van der Waals surface area contributed by atoms with Crippen LogP contribution in [0.1, 0.15) is 39.0 Å². The Kier molecular flexibility index (Phi) is 4.48. The van der Waals surface area contributed by atoms with E-state index in [4.69, 9.17) is 0 Å². The van der Waals surface area contributed by atoms with Gasteiger partial charge in [-0.3, -0.25) is 14.5 Å². The first kappa shape index (κ1) is 14.8. The van der Waals surface area contributed by atoms with Crippen molar-refractivity contribution >= 4 is 11.8 Å². The molecule has 0 aromatic rings. The molecule has 3 unspecified atom stereocenters. The second kappa shape index (κ2) is 6.34. The van der Waals surface area contributed by atoms with Crippen molar-refractivity contribution in [3.8, 4) is 0 Å². The highest BCUT2D eigenvalue weighted by atomic mass is 16.2. The summed E-state index contributed by atoms with van der Waals surface area (Å²) in [4.78, 5) is 27.5. The van der Waals surface area contributed by atoms with Crippen LogP contribution in [0.2, 0.25) is 0 Å². The molecule has 2 saturated heterocycles. The molecule has 2 heterocycles. The van der Waals surface area contributed by atoms with Gasteiger partial charge in [-0.05, 0) is 24.7 Å². The number of fused-ring (bicyclic) bond motifs is 1. The number of rotatable bonds is 3. The fraction of sp³-hybridized carbons (Fsp3) is 0.875. The quantitative estimate of drug-likeness (QED) is 0.785. The van der Waals surface area contributed by atoms with Crippen LogP contribution in [0.5, 0.6) is 0 Å². The monoisotopic (exact) mass is 293 g/mol. The van der Waals surface area contributed by atoms with E-state index in [1.807, 2.05) is 0 Å². The maximum absolute atomic E-state index is 11.8. The van der Waals surface area contributed by atoms with E-state index in [0.29, 0.717) is 13.1 Å². The molecule has 3 fully saturated rings. The fourth-order valence-corrected chi connectivity index (χ4v) is 4.25. The summed E-state index contributed by atoms with van der Waals surface area (Å²) in [6, 6.07) is 0.175. The number of hydrogen-bond donors (Lipinski definition) is 1.